The SMILES string of the molecule is CC(Nc1ncnc(N)c1[N+](=O)[O-])c1ccncc1. The fourth-order valence-electron chi connectivity index (χ4n) is 1.62. The molecule has 98 valence electrons. The Morgan fingerprint density at radius 1 is 1.37 bits per heavy atom. The largest absolute Gasteiger partial charge is 0.378 e. The van der Waals surface area contributed by atoms with Crippen molar-refractivity contribution < 1.29 is 4.92 Å². The van der Waals surface area contributed by atoms with Crippen molar-refractivity contribution in [1.82, 2.24) is 15.0 Å². The number of anilines is 2. The summed E-state index contributed by atoms with van der Waals surface area (Å²) in [6.45, 7) is 1.86. The lowest BCUT2D eigenvalue weighted by atomic mass is 10.1. The van der Waals surface area contributed by atoms with Gasteiger partial charge in [-0.3, -0.25) is 15.1 Å². The van der Waals surface area contributed by atoms with Crippen LogP contribution in [0.15, 0.2) is 30.9 Å². The summed E-state index contributed by atoms with van der Waals surface area (Å²) >= 11 is 0. The van der Waals surface area contributed by atoms with Crippen molar-refractivity contribution >= 4 is 17.3 Å². The standard InChI is InChI=1S/C11H12N6O2/c1-7(8-2-4-13-5-3-8)16-11-9(17(18)19)10(12)14-6-15-11/h2-7H,1H3,(H3,12,14,15,16). The molecule has 0 aliphatic carbocycles. The quantitative estimate of drug-likeness (QED) is 0.631. The zero-order chi connectivity index (χ0) is 13.8. The Balaban J connectivity index is 2.29. The van der Waals surface area contributed by atoms with Crippen LogP contribution in [-0.2, 0) is 0 Å². The molecule has 2 aromatic heterocycles. The van der Waals surface area contributed by atoms with E-state index in [4.69, 9.17) is 5.73 Å². The monoisotopic (exact) mass is 260 g/mol. The predicted octanol–water partition coefficient (Wildman–Crippen LogP) is 1.54. The van der Waals surface area contributed by atoms with E-state index in [0.29, 0.717) is 0 Å². The first kappa shape index (κ1) is 12.7. The second kappa shape index (κ2) is 5.25. The van der Waals surface area contributed by atoms with Gasteiger partial charge in [0.1, 0.15) is 6.33 Å². The maximum absolute atomic E-state index is 11.0. The Bertz CT molecular complexity index is 589. The first-order valence-electron chi connectivity index (χ1n) is 5.51. The summed E-state index contributed by atoms with van der Waals surface area (Å²) in [4.78, 5) is 21.8. The highest BCUT2D eigenvalue weighted by molar-refractivity contribution is 5.67. The zero-order valence-corrected chi connectivity index (χ0v) is 10.1. The van der Waals surface area contributed by atoms with Crippen molar-refractivity contribution in [1.29, 1.82) is 0 Å². The summed E-state index contributed by atoms with van der Waals surface area (Å²) in [5.41, 5.74) is 6.11. The fourth-order valence-corrected chi connectivity index (χ4v) is 1.62. The van der Waals surface area contributed by atoms with E-state index in [1.807, 2.05) is 19.1 Å². The van der Waals surface area contributed by atoms with Crippen LogP contribution in [0.1, 0.15) is 18.5 Å². The molecular weight excluding hydrogens is 248 g/mol. The summed E-state index contributed by atoms with van der Waals surface area (Å²) in [6.07, 6.45) is 4.48. The van der Waals surface area contributed by atoms with Crippen molar-refractivity contribution in [3.8, 4) is 0 Å². The third-order valence-electron chi connectivity index (χ3n) is 2.59. The molecule has 0 radical (unpaired) electrons. The molecule has 8 heteroatoms. The number of nitrogens with zero attached hydrogens (tertiary/aromatic N) is 4. The van der Waals surface area contributed by atoms with E-state index in [2.05, 4.69) is 20.3 Å². The molecule has 0 spiro atoms. The van der Waals surface area contributed by atoms with E-state index in [9.17, 15) is 10.1 Å². The van der Waals surface area contributed by atoms with Gasteiger partial charge < -0.3 is 11.1 Å². The summed E-state index contributed by atoms with van der Waals surface area (Å²) in [6, 6.07) is 3.46. The van der Waals surface area contributed by atoms with E-state index in [0.717, 1.165) is 5.56 Å². The van der Waals surface area contributed by atoms with Gasteiger partial charge in [0, 0.05) is 12.4 Å². The predicted molar refractivity (Wildman–Crippen MR) is 69.4 cm³/mol. The topological polar surface area (TPSA) is 120 Å². The minimum atomic E-state index is -0.600. The van der Waals surface area contributed by atoms with Crippen LogP contribution in [0.3, 0.4) is 0 Å². The minimum Gasteiger partial charge on any atom is -0.378 e. The Labute approximate surface area is 108 Å². The number of aromatic nitrogens is 3. The van der Waals surface area contributed by atoms with Crippen LogP contribution in [-0.4, -0.2) is 19.9 Å². The molecule has 0 aliphatic rings. The molecule has 0 saturated heterocycles. The molecule has 0 aliphatic heterocycles. The molecule has 0 aromatic carbocycles. The lowest BCUT2D eigenvalue weighted by Gasteiger charge is -2.14. The Morgan fingerprint density at radius 3 is 2.68 bits per heavy atom. The first-order valence-corrected chi connectivity index (χ1v) is 5.51. The van der Waals surface area contributed by atoms with Gasteiger partial charge in [-0.25, -0.2) is 9.97 Å². The molecule has 0 bridgehead atoms. The Morgan fingerprint density at radius 2 is 2.05 bits per heavy atom. The van der Waals surface area contributed by atoms with E-state index in [-0.39, 0.29) is 23.4 Å². The molecule has 1 unspecified atom stereocenters. The molecule has 3 N–H and O–H groups in total. The van der Waals surface area contributed by atoms with Crippen LogP contribution in [0.5, 0.6) is 0 Å². The number of hydrogen-bond donors (Lipinski definition) is 2. The molecule has 2 rings (SSSR count). The van der Waals surface area contributed by atoms with Crippen molar-refractivity contribution in [2.45, 2.75) is 13.0 Å². The summed E-state index contributed by atoms with van der Waals surface area (Å²) in [5, 5.41) is 13.9. The first-order chi connectivity index (χ1) is 9.09. The average Bonchev–Trinajstić information content (AvgIpc) is 2.39. The van der Waals surface area contributed by atoms with Crippen LogP contribution in [0.2, 0.25) is 0 Å². The van der Waals surface area contributed by atoms with Gasteiger partial charge in [0.05, 0.1) is 11.0 Å². The zero-order valence-electron chi connectivity index (χ0n) is 10.1. The number of rotatable bonds is 4. The summed E-state index contributed by atoms with van der Waals surface area (Å²) < 4.78 is 0. The molecule has 1 atom stereocenters. The number of pyridine rings is 1. The van der Waals surface area contributed by atoms with Gasteiger partial charge in [-0.15, -0.1) is 0 Å². The molecule has 0 saturated carbocycles. The normalized spacial score (nSPS) is 11.8. The van der Waals surface area contributed by atoms with Gasteiger partial charge in [-0.05, 0) is 24.6 Å². The molecule has 2 heterocycles. The fraction of sp³-hybridized carbons (Fsp3) is 0.182. The van der Waals surface area contributed by atoms with Crippen LogP contribution in [0, 0.1) is 10.1 Å². The molecule has 8 nitrogen and oxygen atoms in total. The molecule has 19 heavy (non-hydrogen) atoms. The average molecular weight is 260 g/mol. The van der Waals surface area contributed by atoms with Crippen molar-refractivity contribution in [2.75, 3.05) is 11.1 Å². The highest BCUT2D eigenvalue weighted by atomic mass is 16.6. The minimum absolute atomic E-state index is 0.0989. The van der Waals surface area contributed by atoms with E-state index in [1.165, 1.54) is 6.33 Å². The second-order valence-corrected chi connectivity index (χ2v) is 3.86. The maximum Gasteiger partial charge on any atom is 0.353 e. The van der Waals surface area contributed by atoms with Gasteiger partial charge in [-0.1, -0.05) is 0 Å². The Hall–Kier alpha value is -2.77. The van der Waals surface area contributed by atoms with Crippen molar-refractivity contribution in [3.63, 3.8) is 0 Å². The second-order valence-electron chi connectivity index (χ2n) is 3.86. The Kier molecular flexibility index (Phi) is 3.51. The summed E-state index contributed by atoms with van der Waals surface area (Å²) in [7, 11) is 0. The van der Waals surface area contributed by atoms with E-state index < -0.39 is 4.92 Å². The van der Waals surface area contributed by atoms with E-state index in [1.54, 1.807) is 12.4 Å². The molecule has 0 fully saturated rings. The van der Waals surface area contributed by atoms with E-state index >= 15 is 0 Å². The number of nitrogen functional groups attached to an aromatic ring is 1. The van der Waals surface area contributed by atoms with Gasteiger partial charge in [0.25, 0.3) is 0 Å². The van der Waals surface area contributed by atoms with Crippen LogP contribution >= 0.6 is 0 Å². The third-order valence-corrected chi connectivity index (χ3v) is 2.59. The molecule has 0 amide bonds. The van der Waals surface area contributed by atoms with Crippen LogP contribution < -0.4 is 11.1 Å². The van der Waals surface area contributed by atoms with Gasteiger partial charge >= 0.3 is 5.69 Å². The van der Waals surface area contributed by atoms with Gasteiger partial charge in [0.15, 0.2) is 0 Å². The highest BCUT2D eigenvalue weighted by Gasteiger charge is 2.22. The van der Waals surface area contributed by atoms with Gasteiger partial charge in [-0.2, -0.15) is 0 Å². The van der Waals surface area contributed by atoms with Crippen LogP contribution in [0.25, 0.3) is 0 Å². The van der Waals surface area contributed by atoms with Crippen molar-refractivity contribution in [3.05, 3.63) is 46.5 Å². The number of hydrogen-bond acceptors (Lipinski definition) is 7. The van der Waals surface area contributed by atoms with Gasteiger partial charge in [0.2, 0.25) is 11.6 Å². The third kappa shape index (κ3) is 2.73. The number of nitrogens with one attached hydrogen (secondary N) is 1. The van der Waals surface area contributed by atoms with Crippen molar-refractivity contribution in [2.24, 2.45) is 0 Å². The lowest BCUT2D eigenvalue weighted by molar-refractivity contribution is -0.383. The highest BCUT2D eigenvalue weighted by Crippen LogP contribution is 2.29. The maximum atomic E-state index is 11.0. The smallest absolute Gasteiger partial charge is 0.353 e. The lowest BCUT2D eigenvalue weighted by Crippen LogP contribution is -2.11. The molecular formula is C11H12N6O2. The summed E-state index contributed by atoms with van der Waals surface area (Å²) in [5.74, 6) is -0.0637. The molecule has 2 aromatic rings. The number of nitrogens with two attached hydrogens (primary N) is 1. The number of nitro groups is 1. The van der Waals surface area contributed by atoms with Crippen LogP contribution in [0.4, 0.5) is 17.3 Å².